The minimum Gasteiger partial charge on any atom is -0.329 e. The predicted octanol–water partition coefficient (Wildman–Crippen LogP) is 1.46. The molecule has 6 nitrogen and oxygen atoms in total. The number of benzene rings is 1. The van der Waals surface area contributed by atoms with Gasteiger partial charge in [-0.05, 0) is 18.4 Å². The zero-order chi connectivity index (χ0) is 15.6. The monoisotopic (exact) mass is 356 g/mol. The van der Waals surface area contributed by atoms with E-state index >= 15 is 0 Å². The van der Waals surface area contributed by atoms with Crippen LogP contribution in [0.1, 0.15) is 18.4 Å². The Balaban J connectivity index is 0.00000192. The summed E-state index contributed by atoms with van der Waals surface area (Å²) in [4.78, 5) is 0.240. The summed E-state index contributed by atoms with van der Waals surface area (Å²) >= 11 is 0. The van der Waals surface area contributed by atoms with E-state index in [0.29, 0.717) is 19.6 Å². The van der Waals surface area contributed by atoms with E-state index in [1.165, 1.54) is 10.5 Å². The van der Waals surface area contributed by atoms with Crippen molar-refractivity contribution < 1.29 is 8.42 Å². The summed E-state index contributed by atoms with van der Waals surface area (Å²) in [6.07, 6.45) is 4.70. The Bertz CT molecular complexity index is 733. The van der Waals surface area contributed by atoms with Gasteiger partial charge in [-0.3, -0.25) is 4.68 Å². The normalized spacial score (nSPS) is 18.7. The molecular weight excluding hydrogens is 336 g/mol. The molecule has 1 saturated heterocycles. The van der Waals surface area contributed by atoms with Crippen LogP contribution in [-0.4, -0.2) is 41.6 Å². The number of halogens is 1. The van der Waals surface area contributed by atoms with E-state index in [-0.39, 0.29) is 23.3 Å². The predicted molar refractivity (Wildman–Crippen MR) is 91.0 cm³/mol. The van der Waals surface area contributed by atoms with Gasteiger partial charge in [0.15, 0.2) is 0 Å². The molecule has 0 bridgehead atoms. The molecule has 1 atom stereocenters. The molecule has 2 heterocycles. The lowest BCUT2D eigenvalue weighted by molar-refractivity contribution is 0.393. The molecule has 2 N–H and O–H groups in total. The third-order valence-corrected chi connectivity index (χ3v) is 5.90. The Morgan fingerprint density at radius 3 is 2.70 bits per heavy atom. The van der Waals surface area contributed by atoms with Crippen molar-refractivity contribution >= 4 is 22.4 Å². The Morgan fingerprint density at radius 1 is 1.26 bits per heavy atom. The van der Waals surface area contributed by atoms with Crippen LogP contribution in [0.2, 0.25) is 0 Å². The van der Waals surface area contributed by atoms with Crippen molar-refractivity contribution in [2.24, 2.45) is 5.73 Å². The second-order valence-electron chi connectivity index (χ2n) is 5.51. The van der Waals surface area contributed by atoms with E-state index in [1.807, 2.05) is 30.3 Å². The molecule has 2 aromatic rings. The van der Waals surface area contributed by atoms with Crippen LogP contribution in [-0.2, 0) is 16.6 Å². The maximum absolute atomic E-state index is 12.7. The summed E-state index contributed by atoms with van der Waals surface area (Å²) in [7, 11) is -3.50. The van der Waals surface area contributed by atoms with Crippen LogP contribution in [0.15, 0.2) is 47.6 Å². The average Bonchev–Trinajstić information content (AvgIpc) is 3.17. The van der Waals surface area contributed by atoms with Gasteiger partial charge in [-0.2, -0.15) is 9.40 Å². The van der Waals surface area contributed by atoms with Gasteiger partial charge in [0.05, 0.1) is 12.7 Å². The fraction of sp³-hybridized carbons (Fsp3) is 0.400. The molecule has 1 aliphatic heterocycles. The number of aromatic nitrogens is 2. The molecule has 1 unspecified atom stereocenters. The van der Waals surface area contributed by atoms with E-state index in [0.717, 1.165) is 18.4 Å². The Kier molecular flexibility index (Phi) is 5.80. The van der Waals surface area contributed by atoms with Crippen molar-refractivity contribution in [1.29, 1.82) is 0 Å². The maximum atomic E-state index is 12.7. The van der Waals surface area contributed by atoms with E-state index in [4.69, 9.17) is 5.73 Å². The van der Waals surface area contributed by atoms with Gasteiger partial charge < -0.3 is 5.73 Å². The second kappa shape index (κ2) is 7.44. The summed E-state index contributed by atoms with van der Waals surface area (Å²) in [5.74, 6) is 0. The minimum absolute atomic E-state index is 0. The quantitative estimate of drug-likeness (QED) is 0.879. The third-order valence-electron chi connectivity index (χ3n) is 4.00. The molecule has 0 amide bonds. The summed E-state index contributed by atoms with van der Waals surface area (Å²) in [5.41, 5.74) is 6.76. The number of hydrogen-bond donors (Lipinski definition) is 1. The smallest absolute Gasteiger partial charge is 0.246 e. The Labute approximate surface area is 142 Å². The van der Waals surface area contributed by atoms with E-state index in [1.54, 1.807) is 10.9 Å². The minimum atomic E-state index is -3.50. The number of nitrogens with two attached hydrogens (primary N) is 1. The summed E-state index contributed by atoms with van der Waals surface area (Å²) in [6, 6.07) is 9.73. The molecule has 126 valence electrons. The highest BCUT2D eigenvalue weighted by atomic mass is 35.5. The first-order valence-electron chi connectivity index (χ1n) is 7.39. The molecule has 23 heavy (non-hydrogen) atoms. The van der Waals surface area contributed by atoms with Crippen LogP contribution in [0.3, 0.4) is 0 Å². The molecule has 0 radical (unpaired) electrons. The number of hydrogen-bond acceptors (Lipinski definition) is 4. The van der Waals surface area contributed by atoms with Gasteiger partial charge in [0, 0.05) is 25.3 Å². The summed E-state index contributed by atoms with van der Waals surface area (Å²) in [6.45, 7) is 1.45. The fourth-order valence-electron chi connectivity index (χ4n) is 2.83. The first-order chi connectivity index (χ1) is 10.6. The number of sulfonamides is 1. The largest absolute Gasteiger partial charge is 0.329 e. The lowest BCUT2D eigenvalue weighted by Crippen LogP contribution is -2.39. The third kappa shape index (κ3) is 3.74. The highest BCUT2D eigenvalue weighted by molar-refractivity contribution is 7.89. The summed E-state index contributed by atoms with van der Waals surface area (Å²) < 4.78 is 28.5. The van der Waals surface area contributed by atoms with Crippen LogP contribution >= 0.6 is 12.4 Å². The molecule has 0 saturated carbocycles. The molecule has 1 aliphatic rings. The fourth-order valence-corrected chi connectivity index (χ4v) is 4.49. The first-order valence-corrected chi connectivity index (χ1v) is 8.83. The van der Waals surface area contributed by atoms with Crippen LogP contribution in [0, 0.1) is 0 Å². The van der Waals surface area contributed by atoms with Crippen molar-refractivity contribution in [1.82, 2.24) is 14.1 Å². The standard InChI is InChI=1S/C15H20N4O2S.ClH/c16-9-14-7-4-8-19(14)22(20,21)15-10-17-18(12-15)11-13-5-2-1-3-6-13;/h1-3,5-6,10,12,14H,4,7-9,11,16H2;1H. The lowest BCUT2D eigenvalue weighted by Gasteiger charge is -2.21. The molecule has 0 aliphatic carbocycles. The average molecular weight is 357 g/mol. The van der Waals surface area contributed by atoms with Crippen LogP contribution in [0.5, 0.6) is 0 Å². The summed E-state index contributed by atoms with van der Waals surface area (Å²) in [5, 5.41) is 4.18. The second-order valence-corrected chi connectivity index (χ2v) is 7.40. The highest BCUT2D eigenvalue weighted by Gasteiger charge is 2.35. The van der Waals surface area contributed by atoms with E-state index in [9.17, 15) is 8.42 Å². The van der Waals surface area contributed by atoms with Crippen LogP contribution < -0.4 is 5.73 Å². The molecule has 1 aromatic heterocycles. The molecule has 1 fully saturated rings. The number of nitrogens with zero attached hydrogens (tertiary/aromatic N) is 3. The SMILES string of the molecule is Cl.NCC1CCCN1S(=O)(=O)c1cnn(Cc2ccccc2)c1. The topological polar surface area (TPSA) is 81.2 Å². The molecule has 1 aromatic carbocycles. The van der Waals surface area contributed by atoms with Gasteiger partial charge in [0.2, 0.25) is 10.0 Å². The highest BCUT2D eigenvalue weighted by Crippen LogP contribution is 2.25. The zero-order valence-corrected chi connectivity index (χ0v) is 14.3. The van der Waals surface area contributed by atoms with Gasteiger partial charge in [0.1, 0.15) is 4.90 Å². The molecule has 0 spiro atoms. The van der Waals surface area contributed by atoms with E-state index < -0.39 is 10.0 Å². The Morgan fingerprint density at radius 2 is 2.00 bits per heavy atom. The van der Waals surface area contributed by atoms with Gasteiger partial charge in [-0.1, -0.05) is 30.3 Å². The van der Waals surface area contributed by atoms with Gasteiger partial charge >= 0.3 is 0 Å². The van der Waals surface area contributed by atoms with Crippen molar-refractivity contribution in [3.8, 4) is 0 Å². The van der Waals surface area contributed by atoms with Crippen molar-refractivity contribution in [3.63, 3.8) is 0 Å². The van der Waals surface area contributed by atoms with Crippen molar-refractivity contribution in [3.05, 3.63) is 48.3 Å². The van der Waals surface area contributed by atoms with Gasteiger partial charge in [0.25, 0.3) is 0 Å². The van der Waals surface area contributed by atoms with Gasteiger partial charge in [-0.25, -0.2) is 8.42 Å². The number of rotatable bonds is 5. The van der Waals surface area contributed by atoms with E-state index in [2.05, 4.69) is 5.10 Å². The molecule has 8 heteroatoms. The van der Waals surface area contributed by atoms with Crippen LogP contribution in [0.25, 0.3) is 0 Å². The molecule has 3 rings (SSSR count). The van der Waals surface area contributed by atoms with Gasteiger partial charge in [-0.15, -0.1) is 12.4 Å². The zero-order valence-electron chi connectivity index (χ0n) is 12.7. The lowest BCUT2D eigenvalue weighted by atomic mass is 10.2. The van der Waals surface area contributed by atoms with Crippen molar-refractivity contribution in [2.45, 2.75) is 30.3 Å². The van der Waals surface area contributed by atoms with Crippen molar-refractivity contribution in [2.75, 3.05) is 13.1 Å². The Hall–Kier alpha value is -1.41. The first kappa shape index (κ1) is 17.9. The van der Waals surface area contributed by atoms with Crippen LogP contribution in [0.4, 0.5) is 0 Å². The molecular formula is C15H21ClN4O2S. The maximum Gasteiger partial charge on any atom is 0.246 e.